The minimum absolute atomic E-state index is 0.113. The maximum atomic E-state index is 13.0. The summed E-state index contributed by atoms with van der Waals surface area (Å²) in [5.74, 6) is 0.253. The molecule has 190 valence electrons. The van der Waals surface area contributed by atoms with Gasteiger partial charge in [0.2, 0.25) is 0 Å². The Balaban J connectivity index is 1.15. The Morgan fingerprint density at radius 1 is 0.944 bits per heavy atom. The van der Waals surface area contributed by atoms with Crippen molar-refractivity contribution in [1.29, 1.82) is 0 Å². The number of carbonyl (C=O) groups excluding carboxylic acids is 2. The Morgan fingerprint density at radius 3 is 2.33 bits per heavy atom. The zero-order chi connectivity index (χ0) is 25.3. The van der Waals surface area contributed by atoms with Crippen LogP contribution in [0.25, 0.3) is 0 Å². The van der Waals surface area contributed by atoms with Gasteiger partial charge in [-0.3, -0.25) is 9.59 Å². The van der Waals surface area contributed by atoms with Crippen LogP contribution in [-0.4, -0.2) is 65.9 Å². The third-order valence-electron chi connectivity index (χ3n) is 6.71. The van der Waals surface area contributed by atoms with Gasteiger partial charge in [-0.25, -0.2) is 4.98 Å². The predicted octanol–water partition coefficient (Wildman–Crippen LogP) is 4.74. The van der Waals surface area contributed by atoms with Crippen molar-refractivity contribution in [1.82, 2.24) is 14.8 Å². The number of amides is 2. The van der Waals surface area contributed by atoms with Gasteiger partial charge in [-0.1, -0.05) is 6.07 Å². The van der Waals surface area contributed by atoms with Gasteiger partial charge in [0, 0.05) is 56.3 Å². The highest BCUT2D eigenvalue weighted by Crippen LogP contribution is 2.33. The van der Waals surface area contributed by atoms with Gasteiger partial charge in [0.05, 0.1) is 16.8 Å². The SMILES string of the molecule is O=C(c1csc(C2CCN(C(=O)c3ccco3)CC2)n1)N1CCN(c2cccc(C(F)(F)F)c2)CC1. The van der Waals surface area contributed by atoms with Crippen molar-refractivity contribution in [3.63, 3.8) is 0 Å². The lowest BCUT2D eigenvalue weighted by Crippen LogP contribution is -2.49. The molecule has 11 heteroatoms. The number of hydrogen-bond acceptors (Lipinski definition) is 6. The number of piperidine rings is 1. The van der Waals surface area contributed by atoms with E-state index in [1.165, 1.54) is 23.7 Å². The monoisotopic (exact) mass is 518 g/mol. The number of carbonyl (C=O) groups is 2. The Morgan fingerprint density at radius 2 is 1.67 bits per heavy atom. The molecule has 0 saturated carbocycles. The van der Waals surface area contributed by atoms with Crippen molar-refractivity contribution in [3.05, 3.63) is 70.1 Å². The van der Waals surface area contributed by atoms with E-state index in [-0.39, 0.29) is 17.7 Å². The first-order chi connectivity index (χ1) is 17.3. The highest BCUT2D eigenvalue weighted by Gasteiger charge is 2.32. The van der Waals surface area contributed by atoms with Crippen LogP contribution in [0.15, 0.2) is 52.5 Å². The number of aromatic nitrogens is 1. The van der Waals surface area contributed by atoms with E-state index in [0.29, 0.717) is 56.4 Å². The fourth-order valence-corrected chi connectivity index (χ4v) is 5.63. The van der Waals surface area contributed by atoms with Crippen LogP contribution < -0.4 is 4.90 Å². The van der Waals surface area contributed by atoms with E-state index in [4.69, 9.17) is 4.42 Å². The molecule has 0 aliphatic carbocycles. The van der Waals surface area contributed by atoms with Gasteiger partial charge in [0.25, 0.3) is 11.8 Å². The second-order valence-electron chi connectivity index (χ2n) is 8.94. The summed E-state index contributed by atoms with van der Waals surface area (Å²) in [5, 5.41) is 2.67. The lowest BCUT2D eigenvalue weighted by molar-refractivity contribution is -0.137. The minimum Gasteiger partial charge on any atom is -0.459 e. The van der Waals surface area contributed by atoms with Crippen LogP contribution in [0.3, 0.4) is 0 Å². The summed E-state index contributed by atoms with van der Waals surface area (Å²) in [4.78, 5) is 35.5. The van der Waals surface area contributed by atoms with Crippen LogP contribution in [-0.2, 0) is 6.18 Å². The van der Waals surface area contributed by atoms with Crippen LogP contribution in [0.1, 0.15) is 50.4 Å². The molecule has 4 heterocycles. The van der Waals surface area contributed by atoms with Gasteiger partial charge in [0.1, 0.15) is 5.69 Å². The van der Waals surface area contributed by atoms with Gasteiger partial charge in [0.15, 0.2) is 5.76 Å². The minimum atomic E-state index is -4.39. The number of halogens is 3. The van der Waals surface area contributed by atoms with E-state index in [1.807, 2.05) is 4.90 Å². The molecule has 0 spiro atoms. The van der Waals surface area contributed by atoms with Crippen LogP contribution in [0, 0.1) is 0 Å². The summed E-state index contributed by atoms with van der Waals surface area (Å²) in [5.41, 5.74) is 0.228. The molecule has 3 aromatic rings. The van der Waals surface area contributed by atoms with Gasteiger partial charge in [-0.2, -0.15) is 13.2 Å². The average molecular weight is 519 g/mol. The van der Waals surface area contributed by atoms with Crippen molar-refractivity contribution >= 4 is 28.8 Å². The van der Waals surface area contributed by atoms with Crippen molar-refractivity contribution < 1.29 is 27.2 Å². The Bertz CT molecular complexity index is 1210. The zero-order valence-electron chi connectivity index (χ0n) is 19.4. The molecular weight excluding hydrogens is 493 g/mol. The molecule has 1 aromatic carbocycles. The first kappa shape index (κ1) is 24.4. The van der Waals surface area contributed by atoms with E-state index >= 15 is 0 Å². The fraction of sp³-hybridized carbons (Fsp3) is 0.400. The Labute approximate surface area is 210 Å². The summed E-state index contributed by atoms with van der Waals surface area (Å²) in [7, 11) is 0. The summed E-state index contributed by atoms with van der Waals surface area (Å²) >= 11 is 1.46. The summed E-state index contributed by atoms with van der Waals surface area (Å²) in [6.45, 7) is 2.93. The third-order valence-corrected chi connectivity index (χ3v) is 7.72. The standard InChI is InChI=1S/C25H25F3N4O3S/c26-25(27,28)18-3-1-4-19(15-18)30-10-12-32(13-11-30)23(33)20-16-36-22(29-20)17-6-8-31(9-7-17)24(34)21-5-2-14-35-21/h1-5,14-17H,6-13H2. The number of benzene rings is 1. The first-order valence-corrected chi connectivity index (χ1v) is 12.7. The molecule has 2 aromatic heterocycles. The Kier molecular flexibility index (Phi) is 6.74. The van der Waals surface area contributed by atoms with E-state index in [1.54, 1.807) is 33.4 Å². The van der Waals surface area contributed by atoms with Gasteiger partial charge >= 0.3 is 6.18 Å². The molecule has 2 aliphatic heterocycles. The lowest BCUT2D eigenvalue weighted by Gasteiger charge is -2.36. The fourth-order valence-electron chi connectivity index (χ4n) is 4.67. The van der Waals surface area contributed by atoms with E-state index in [9.17, 15) is 22.8 Å². The molecule has 0 bridgehead atoms. The van der Waals surface area contributed by atoms with E-state index in [2.05, 4.69) is 4.98 Å². The van der Waals surface area contributed by atoms with Gasteiger partial charge in [-0.05, 0) is 43.2 Å². The maximum Gasteiger partial charge on any atom is 0.416 e. The number of hydrogen-bond donors (Lipinski definition) is 0. The van der Waals surface area contributed by atoms with Crippen LogP contribution in [0.5, 0.6) is 0 Å². The molecule has 2 amide bonds. The van der Waals surface area contributed by atoms with Crippen molar-refractivity contribution in [3.8, 4) is 0 Å². The first-order valence-electron chi connectivity index (χ1n) is 11.8. The third kappa shape index (κ3) is 5.11. The molecule has 2 fully saturated rings. The second kappa shape index (κ2) is 9.96. The smallest absolute Gasteiger partial charge is 0.416 e. The molecule has 0 N–H and O–H groups in total. The van der Waals surface area contributed by atoms with Crippen LogP contribution >= 0.6 is 11.3 Å². The highest BCUT2D eigenvalue weighted by molar-refractivity contribution is 7.09. The number of nitrogens with zero attached hydrogens (tertiary/aromatic N) is 4. The van der Waals surface area contributed by atoms with E-state index < -0.39 is 11.7 Å². The molecule has 7 nitrogen and oxygen atoms in total. The molecule has 5 rings (SSSR count). The number of rotatable bonds is 4. The molecule has 36 heavy (non-hydrogen) atoms. The number of furan rings is 1. The molecule has 0 radical (unpaired) electrons. The van der Waals surface area contributed by atoms with Crippen molar-refractivity contribution in [2.75, 3.05) is 44.2 Å². The number of anilines is 1. The second-order valence-corrected chi connectivity index (χ2v) is 9.83. The quantitative estimate of drug-likeness (QED) is 0.499. The lowest BCUT2D eigenvalue weighted by atomic mass is 9.97. The normalized spacial score (nSPS) is 17.5. The summed E-state index contributed by atoms with van der Waals surface area (Å²) in [6, 6.07) is 8.63. The molecule has 2 saturated heterocycles. The van der Waals surface area contributed by atoms with Crippen molar-refractivity contribution in [2.24, 2.45) is 0 Å². The highest BCUT2D eigenvalue weighted by atomic mass is 32.1. The topological polar surface area (TPSA) is 69.9 Å². The predicted molar refractivity (Wildman–Crippen MR) is 128 cm³/mol. The number of piperazine rings is 1. The maximum absolute atomic E-state index is 13.0. The van der Waals surface area contributed by atoms with Gasteiger partial charge < -0.3 is 19.1 Å². The number of alkyl halides is 3. The van der Waals surface area contributed by atoms with Gasteiger partial charge in [-0.15, -0.1) is 11.3 Å². The zero-order valence-corrected chi connectivity index (χ0v) is 20.2. The average Bonchev–Trinajstić information content (AvgIpc) is 3.61. The van der Waals surface area contributed by atoms with Crippen LogP contribution in [0.2, 0.25) is 0 Å². The number of thiazole rings is 1. The molecule has 2 aliphatic rings. The Hall–Kier alpha value is -3.34. The van der Waals surface area contributed by atoms with E-state index in [0.717, 1.165) is 30.0 Å². The molecule has 0 atom stereocenters. The summed E-state index contributed by atoms with van der Waals surface area (Å²) in [6.07, 6.45) is -1.37. The largest absolute Gasteiger partial charge is 0.459 e. The summed E-state index contributed by atoms with van der Waals surface area (Å²) < 4.78 is 44.3. The molecule has 0 unspecified atom stereocenters. The number of likely N-dealkylation sites (tertiary alicyclic amines) is 1. The molecular formula is C25H25F3N4O3S. The van der Waals surface area contributed by atoms with Crippen LogP contribution in [0.4, 0.5) is 18.9 Å². The van der Waals surface area contributed by atoms with Crippen molar-refractivity contribution in [2.45, 2.75) is 24.9 Å².